The van der Waals surface area contributed by atoms with Crippen molar-refractivity contribution in [1.29, 1.82) is 0 Å². The normalized spacial score (nSPS) is 10.0. The van der Waals surface area contributed by atoms with Gasteiger partial charge in [-0.2, -0.15) is 0 Å². The molecule has 0 spiro atoms. The Kier molecular flexibility index (Phi) is 3.54. The minimum atomic E-state index is -0.0565. The number of ketones is 1. The SMILES string of the molecule is CC(=O)c1ccc(Oc2cccc(Br)c2)cn1. The van der Waals surface area contributed by atoms with Crippen LogP contribution < -0.4 is 4.74 Å². The average Bonchev–Trinajstić information content (AvgIpc) is 2.29. The molecule has 0 fully saturated rings. The van der Waals surface area contributed by atoms with Crippen molar-refractivity contribution in [2.75, 3.05) is 0 Å². The fraction of sp³-hybridized carbons (Fsp3) is 0.0769. The second kappa shape index (κ2) is 5.10. The van der Waals surface area contributed by atoms with E-state index in [0.717, 1.165) is 10.2 Å². The minimum absolute atomic E-state index is 0.0565. The van der Waals surface area contributed by atoms with Crippen molar-refractivity contribution in [3.8, 4) is 11.5 Å². The highest BCUT2D eigenvalue weighted by molar-refractivity contribution is 9.10. The maximum atomic E-state index is 11.1. The molecule has 86 valence electrons. The lowest BCUT2D eigenvalue weighted by atomic mass is 10.3. The number of halogens is 1. The smallest absolute Gasteiger partial charge is 0.178 e. The number of carbonyl (C=O) groups is 1. The first kappa shape index (κ1) is 11.8. The number of rotatable bonds is 3. The zero-order chi connectivity index (χ0) is 12.3. The molecule has 0 radical (unpaired) electrons. The molecule has 0 unspecified atom stereocenters. The summed E-state index contributed by atoms with van der Waals surface area (Å²) >= 11 is 3.37. The van der Waals surface area contributed by atoms with E-state index in [4.69, 9.17) is 4.74 Å². The van der Waals surface area contributed by atoms with Crippen LogP contribution in [0.15, 0.2) is 47.1 Å². The Labute approximate surface area is 108 Å². The van der Waals surface area contributed by atoms with E-state index in [-0.39, 0.29) is 5.78 Å². The molecule has 0 bridgehead atoms. The van der Waals surface area contributed by atoms with Crippen molar-refractivity contribution < 1.29 is 9.53 Å². The van der Waals surface area contributed by atoms with Crippen LogP contribution >= 0.6 is 15.9 Å². The molecular formula is C13H10BrNO2. The van der Waals surface area contributed by atoms with Crippen LogP contribution in [0.1, 0.15) is 17.4 Å². The number of nitrogens with zero attached hydrogens (tertiary/aromatic N) is 1. The molecule has 0 saturated carbocycles. The van der Waals surface area contributed by atoms with Gasteiger partial charge < -0.3 is 4.74 Å². The molecule has 3 nitrogen and oxygen atoms in total. The van der Waals surface area contributed by atoms with Crippen molar-refractivity contribution in [2.24, 2.45) is 0 Å². The first-order chi connectivity index (χ1) is 8.15. The van der Waals surface area contributed by atoms with Crippen LogP contribution in [-0.4, -0.2) is 10.8 Å². The zero-order valence-electron chi connectivity index (χ0n) is 9.18. The van der Waals surface area contributed by atoms with Crippen molar-refractivity contribution in [3.05, 3.63) is 52.8 Å². The molecule has 1 aromatic carbocycles. The summed E-state index contributed by atoms with van der Waals surface area (Å²) in [5, 5.41) is 0. The number of aromatic nitrogens is 1. The standard InChI is InChI=1S/C13H10BrNO2/c1-9(16)13-6-5-12(8-15-13)17-11-4-2-3-10(14)7-11/h2-8H,1H3. The van der Waals surface area contributed by atoms with Crippen LogP contribution in [-0.2, 0) is 0 Å². The van der Waals surface area contributed by atoms with E-state index < -0.39 is 0 Å². The molecule has 4 heteroatoms. The molecule has 2 aromatic rings. The highest BCUT2D eigenvalue weighted by Crippen LogP contribution is 2.23. The van der Waals surface area contributed by atoms with Crippen LogP contribution in [0.3, 0.4) is 0 Å². The van der Waals surface area contributed by atoms with Crippen LogP contribution in [0, 0.1) is 0 Å². The third-order valence-corrected chi connectivity index (χ3v) is 2.62. The molecule has 0 amide bonds. The predicted octanol–water partition coefficient (Wildman–Crippen LogP) is 3.84. The number of hydrogen-bond donors (Lipinski definition) is 0. The van der Waals surface area contributed by atoms with Gasteiger partial charge in [0.25, 0.3) is 0 Å². The van der Waals surface area contributed by atoms with Crippen LogP contribution in [0.5, 0.6) is 11.5 Å². The number of Topliss-reactive ketones (excluding diaryl/α,β-unsaturated/α-hetero) is 1. The summed E-state index contributed by atoms with van der Waals surface area (Å²) in [6.45, 7) is 1.48. The van der Waals surface area contributed by atoms with Crippen LogP contribution in [0.4, 0.5) is 0 Å². The van der Waals surface area contributed by atoms with E-state index in [1.807, 2.05) is 24.3 Å². The lowest BCUT2D eigenvalue weighted by molar-refractivity contribution is 0.101. The summed E-state index contributed by atoms with van der Waals surface area (Å²) in [4.78, 5) is 15.1. The van der Waals surface area contributed by atoms with Gasteiger partial charge in [-0.1, -0.05) is 22.0 Å². The number of carbonyl (C=O) groups excluding carboxylic acids is 1. The van der Waals surface area contributed by atoms with Crippen molar-refractivity contribution in [1.82, 2.24) is 4.98 Å². The fourth-order valence-corrected chi connectivity index (χ4v) is 1.69. The quantitative estimate of drug-likeness (QED) is 0.807. The van der Waals surface area contributed by atoms with Crippen molar-refractivity contribution in [3.63, 3.8) is 0 Å². The van der Waals surface area contributed by atoms with E-state index in [2.05, 4.69) is 20.9 Å². The minimum Gasteiger partial charge on any atom is -0.456 e. The highest BCUT2D eigenvalue weighted by atomic mass is 79.9. The van der Waals surface area contributed by atoms with Crippen LogP contribution in [0.2, 0.25) is 0 Å². The van der Waals surface area contributed by atoms with Gasteiger partial charge in [0.2, 0.25) is 0 Å². The maximum absolute atomic E-state index is 11.1. The van der Waals surface area contributed by atoms with E-state index in [1.54, 1.807) is 12.1 Å². The summed E-state index contributed by atoms with van der Waals surface area (Å²) in [6.07, 6.45) is 1.54. The Morgan fingerprint density at radius 1 is 1.24 bits per heavy atom. The molecule has 0 saturated heterocycles. The van der Waals surface area contributed by atoms with Gasteiger partial charge in [0.1, 0.15) is 17.2 Å². The third kappa shape index (κ3) is 3.14. The third-order valence-electron chi connectivity index (χ3n) is 2.13. The van der Waals surface area contributed by atoms with E-state index in [9.17, 15) is 4.79 Å². The molecule has 0 atom stereocenters. The summed E-state index contributed by atoms with van der Waals surface area (Å²) in [6, 6.07) is 10.9. The highest BCUT2D eigenvalue weighted by Gasteiger charge is 2.02. The van der Waals surface area contributed by atoms with Crippen molar-refractivity contribution >= 4 is 21.7 Å². The molecule has 2 rings (SSSR count). The van der Waals surface area contributed by atoms with Crippen LogP contribution in [0.25, 0.3) is 0 Å². The summed E-state index contributed by atoms with van der Waals surface area (Å²) < 4.78 is 6.54. The Morgan fingerprint density at radius 2 is 2.06 bits per heavy atom. The number of hydrogen-bond acceptors (Lipinski definition) is 3. The lowest BCUT2D eigenvalue weighted by Crippen LogP contribution is -1.95. The van der Waals surface area contributed by atoms with Gasteiger partial charge in [0.05, 0.1) is 6.20 Å². The fourth-order valence-electron chi connectivity index (χ4n) is 1.32. The van der Waals surface area contributed by atoms with E-state index in [0.29, 0.717) is 11.4 Å². The lowest BCUT2D eigenvalue weighted by Gasteiger charge is -2.05. The van der Waals surface area contributed by atoms with Gasteiger partial charge in [-0.3, -0.25) is 4.79 Å². The Morgan fingerprint density at radius 3 is 2.65 bits per heavy atom. The first-order valence-corrected chi connectivity index (χ1v) is 5.85. The predicted molar refractivity (Wildman–Crippen MR) is 68.5 cm³/mol. The largest absolute Gasteiger partial charge is 0.456 e. The molecule has 0 aliphatic carbocycles. The van der Waals surface area contributed by atoms with Gasteiger partial charge in [0.15, 0.2) is 5.78 Å². The first-order valence-electron chi connectivity index (χ1n) is 5.05. The molecule has 0 aliphatic rings. The molecular weight excluding hydrogens is 282 g/mol. The van der Waals surface area contributed by atoms with Gasteiger partial charge in [-0.15, -0.1) is 0 Å². The number of benzene rings is 1. The summed E-state index contributed by atoms with van der Waals surface area (Å²) in [5.41, 5.74) is 0.437. The number of ether oxygens (including phenoxy) is 1. The molecule has 1 aromatic heterocycles. The molecule has 17 heavy (non-hydrogen) atoms. The second-order valence-electron chi connectivity index (χ2n) is 3.49. The van der Waals surface area contributed by atoms with Crippen molar-refractivity contribution in [2.45, 2.75) is 6.92 Å². The maximum Gasteiger partial charge on any atom is 0.178 e. The van der Waals surface area contributed by atoms with Gasteiger partial charge in [-0.05, 0) is 30.3 Å². The summed E-state index contributed by atoms with van der Waals surface area (Å²) in [7, 11) is 0. The Hall–Kier alpha value is -1.68. The van der Waals surface area contributed by atoms with E-state index in [1.165, 1.54) is 13.1 Å². The van der Waals surface area contributed by atoms with Gasteiger partial charge >= 0.3 is 0 Å². The molecule has 0 aliphatic heterocycles. The Bertz CT molecular complexity index is 537. The molecule has 1 heterocycles. The van der Waals surface area contributed by atoms with E-state index >= 15 is 0 Å². The average molecular weight is 292 g/mol. The van der Waals surface area contributed by atoms with Gasteiger partial charge in [-0.25, -0.2) is 4.98 Å². The summed E-state index contributed by atoms with van der Waals surface area (Å²) in [5.74, 6) is 1.27. The Balaban J connectivity index is 2.16. The monoisotopic (exact) mass is 291 g/mol. The topological polar surface area (TPSA) is 39.2 Å². The zero-order valence-corrected chi connectivity index (χ0v) is 10.8. The van der Waals surface area contributed by atoms with Gasteiger partial charge in [0, 0.05) is 11.4 Å². The molecule has 0 N–H and O–H groups in total. The number of pyridine rings is 1. The second-order valence-corrected chi connectivity index (χ2v) is 4.41.